The minimum Gasteiger partial charge on any atom is -0.351 e. The van der Waals surface area contributed by atoms with Gasteiger partial charge in [-0.05, 0) is 62.6 Å². The Bertz CT molecular complexity index is 800. The van der Waals surface area contributed by atoms with Crippen molar-refractivity contribution in [2.24, 2.45) is 5.41 Å². The Labute approximate surface area is 153 Å². The van der Waals surface area contributed by atoms with Crippen LogP contribution in [0.2, 0.25) is 5.02 Å². The van der Waals surface area contributed by atoms with E-state index >= 15 is 0 Å². The molecular weight excluding hydrogens is 336 g/mol. The summed E-state index contributed by atoms with van der Waals surface area (Å²) < 4.78 is 0. The summed E-state index contributed by atoms with van der Waals surface area (Å²) in [4.78, 5) is 25.0. The zero-order valence-electron chi connectivity index (χ0n) is 14.9. The molecule has 2 rings (SSSR count). The predicted molar refractivity (Wildman–Crippen MR) is 102 cm³/mol. The number of aryl methyl sites for hydroxylation is 2. The largest absolute Gasteiger partial charge is 0.351 e. The number of benzene rings is 2. The Morgan fingerprint density at radius 2 is 1.68 bits per heavy atom. The van der Waals surface area contributed by atoms with Crippen LogP contribution in [0.15, 0.2) is 42.5 Å². The highest BCUT2D eigenvalue weighted by molar-refractivity contribution is 6.31. The molecule has 0 radical (unpaired) electrons. The van der Waals surface area contributed by atoms with Crippen molar-refractivity contribution in [3.63, 3.8) is 0 Å². The third-order valence-corrected chi connectivity index (χ3v) is 4.67. The van der Waals surface area contributed by atoms with Gasteiger partial charge in [-0.1, -0.05) is 35.9 Å². The molecule has 5 heteroatoms. The topological polar surface area (TPSA) is 58.2 Å². The molecular formula is C20H23ClN2O2. The number of amides is 2. The van der Waals surface area contributed by atoms with E-state index in [9.17, 15) is 9.59 Å². The summed E-state index contributed by atoms with van der Waals surface area (Å²) >= 11 is 6.09. The molecule has 132 valence electrons. The van der Waals surface area contributed by atoms with E-state index in [-0.39, 0.29) is 18.4 Å². The number of rotatable bonds is 5. The first-order chi connectivity index (χ1) is 11.7. The van der Waals surface area contributed by atoms with Gasteiger partial charge in [-0.15, -0.1) is 0 Å². The molecule has 2 aromatic rings. The fraction of sp³-hybridized carbons (Fsp3) is 0.300. The van der Waals surface area contributed by atoms with E-state index in [1.165, 1.54) is 0 Å². The van der Waals surface area contributed by atoms with Gasteiger partial charge in [-0.2, -0.15) is 0 Å². The van der Waals surface area contributed by atoms with Crippen LogP contribution in [0, 0.1) is 19.3 Å². The third-order valence-electron chi connectivity index (χ3n) is 4.30. The van der Waals surface area contributed by atoms with E-state index in [4.69, 9.17) is 11.6 Å². The molecule has 0 fully saturated rings. The van der Waals surface area contributed by atoms with Crippen LogP contribution in [0.4, 0.5) is 5.69 Å². The molecule has 4 nitrogen and oxygen atoms in total. The van der Waals surface area contributed by atoms with Crippen molar-refractivity contribution in [1.82, 2.24) is 5.32 Å². The number of nitrogens with one attached hydrogen (secondary N) is 2. The maximum Gasteiger partial charge on any atom is 0.239 e. The van der Waals surface area contributed by atoms with Crippen LogP contribution in [-0.2, 0) is 16.1 Å². The van der Waals surface area contributed by atoms with Crippen LogP contribution in [0.25, 0.3) is 0 Å². The average molecular weight is 359 g/mol. The first-order valence-electron chi connectivity index (χ1n) is 8.12. The standard InChI is InChI=1S/C20H23ClN2O2/c1-13-9-10-16(11-14(13)2)23-19(25)20(3,4)18(24)22-12-15-7-5-6-8-17(15)21/h5-11H,12H2,1-4H3,(H,22,24)(H,23,25). The number of carbonyl (C=O) groups is 2. The monoisotopic (exact) mass is 358 g/mol. The van der Waals surface area contributed by atoms with Gasteiger partial charge in [0.15, 0.2) is 0 Å². The van der Waals surface area contributed by atoms with Gasteiger partial charge < -0.3 is 10.6 Å². The number of halogens is 1. The van der Waals surface area contributed by atoms with Gasteiger partial charge in [0.05, 0.1) is 0 Å². The third kappa shape index (κ3) is 4.60. The molecule has 0 unspecified atom stereocenters. The maximum absolute atomic E-state index is 12.6. The Kier molecular flexibility index (Phi) is 5.85. The zero-order valence-corrected chi connectivity index (χ0v) is 15.7. The van der Waals surface area contributed by atoms with E-state index in [0.29, 0.717) is 10.7 Å². The van der Waals surface area contributed by atoms with Gasteiger partial charge in [0.1, 0.15) is 5.41 Å². The average Bonchev–Trinajstić information content (AvgIpc) is 2.57. The SMILES string of the molecule is Cc1ccc(NC(=O)C(C)(C)C(=O)NCc2ccccc2Cl)cc1C. The quantitative estimate of drug-likeness (QED) is 0.785. The van der Waals surface area contributed by atoms with Gasteiger partial charge in [0.2, 0.25) is 11.8 Å². The summed E-state index contributed by atoms with van der Waals surface area (Å²) in [5.41, 5.74) is 2.51. The minimum absolute atomic E-state index is 0.277. The summed E-state index contributed by atoms with van der Waals surface area (Å²) in [6, 6.07) is 12.9. The second-order valence-corrected chi connectivity index (χ2v) is 7.06. The molecule has 0 saturated heterocycles. The summed E-state index contributed by atoms with van der Waals surface area (Å²) in [5, 5.41) is 6.18. The molecule has 0 aliphatic rings. The van der Waals surface area contributed by atoms with Gasteiger partial charge in [0.25, 0.3) is 0 Å². The Morgan fingerprint density at radius 1 is 1.00 bits per heavy atom. The Hall–Kier alpha value is -2.33. The van der Waals surface area contributed by atoms with Crippen LogP contribution in [0.5, 0.6) is 0 Å². The molecule has 0 heterocycles. The minimum atomic E-state index is -1.21. The van der Waals surface area contributed by atoms with Crippen LogP contribution < -0.4 is 10.6 Å². The Morgan fingerprint density at radius 3 is 2.32 bits per heavy atom. The second kappa shape index (κ2) is 7.70. The first-order valence-corrected chi connectivity index (χ1v) is 8.50. The highest BCUT2D eigenvalue weighted by Gasteiger charge is 2.36. The second-order valence-electron chi connectivity index (χ2n) is 6.65. The lowest BCUT2D eigenvalue weighted by Crippen LogP contribution is -2.44. The van der Waals surface area contributed by atoms with E-state index in [1.54, 1.807) is 19.9 Å². The van der Waals surface area contributed by atoms with Crippen LogP contribution in [-0.4, -0.2) is 11.8 Å². The lowest BCUT2D eigenvalue weighted by atomic mass is 9.90. The van der Waals surface area contributed by atoms with E-state index in [2.05, 4.69) is 10.6 Å². The summed E-state index contributed by atoms with van der Waals surface area (Å²) in [7, 11) is 0. The van der Waals surface area contributed by atoms with Crippen LogP contribution in [0.1, 0.15) is 30.5 Å². The maximum atomic E-state index is 12.6. The molecule has 0 aliphatic carbocycles. The molecule has 0 aliphatic heterocycles. The summed E-state index contributed by atoms with van der Waals surface area (Å²) in [6.45, 7) is 7.47. The normalized spacial score (nSPS) is 11.1. The van der Waals surface area contributed by atoms with E-state index < -0.39 is 5.41 Å². The lowest BCUT2D eigenvalue weighted by Gasteiger charge is -2.23. The number of anilines is 1. The molecule has 0 aromatic heterocycles. The highest BCUT2D eigenvalue weighted by atomic mass is 35.5. The van der Waals surface area contributed by atoms with E-state index in [0.717, 1.165) is 16.7 Å². The van der Waals surface area contributed by atoms with Crippen molar-refractivity contribution in [3.05, 3.63) is 64.2 Å². The molecule has 0 atom stereocenters. The predicted octanol–water partition coefficient (Wildman–Crippen LogP) is 4.24. The molecule has 0 bridgehead atoms. The molecule has 0 saturated carbocycles. The lowest BCUT2D eigenvalue weighted by molar-refractivity contribution is -0.138. The molecule has 25 heavy (non-hydrogen) atoms. The summed E-state index contributed by atoms with van der Waals surface area (Å²) in [6.07, 6.45) is 0. The Balaban J connectivity index is 2.03. The number of hydrogen-bond donors (Lipinski definition) is 2. The van der Waals surface area contributed by atoms with Crippen molar-refractivity contribution in [2.45, 2.75) is 34.2 Å². The molecule has 2 amide bonds. The van der Waals surface area contributed by atoms with Gasteiger partial charge >= 0.3 is 0 Å². The fourth-order valence-electron chi connectivity index (χ4n) is 2.25. The molecule has 2 aromatic carbocycles. The smallest absolute Gasteiger partial charge is 0.239 e. The van der Waals surface area contributed by atoms with Crippen molar-refractivity contribution in [1.29, 1.82) is 0 Å². The highest BCUT2D eigenvalue weighted by Crippen LogP contribution is 2.21. The zero-order chi connectivity index (χ0) is 18.6. The first kappa shape index (κ1) is 19.0. The van der Waals surface area contributed by atoms with Crippen molar-refractivity contribution in [2.75, 3.05) is 5.32 Å². The fourth-order valence-corrected chi connectivity index (χ4v) is 2.45. The van der Waals surface area contributed by atoms with Gasteiger partial charge in [-0.3, -0.25) is 9.59 Å². The summed E-state index contributed by atoms with van der Waals surface area (Å²) in [5.74, 6) is -0.707. The van der Waals surface area contributed by atoms with Crippen LogP contribution in [0.3, 0.4) is 0 Å². The van der Waals surface area contributed by atoms with E-state index in [1.807, 2.05) is 50.2 Å². The van der Waals surface area contributed by atoms with Gasteiger partial charge in [0, 0.05) is 17.3 Å². The molecule has 2 N–H and O–H groups in total. The van der Waals surface area contributed by atoms with Crippen LogP contribution >= 0.6 is 11.6 Å². The number of hydrogen-bond acceptors (Lipinski definition) is 2. The van der Waals surface area contributed by atoms with Crippen molar-refractivity contribution >= 4 is 29.1 Å². The number of carbonyl (C=O) groups excluding carboxylic acids is 2. The van der Waals surface area contributed by atoms with Gasteiger partial charge in [-0.25, -0.2) is 0 Å². The molecule has 0 spiro atoms. The van der Waals surface area contributed by atoms with Crippen molar-refractivity contribution in [3.8, 4) is 0 Å². The van der Waals surface area contributed by atoms with Crippen molar-refractivity contribution < 1.29 is 9.59 Å².